The number of hydrogen-bond acceptors (Lipinski definition) is 3. The van der Waals surface area contributed by atoms with E-state index in [0.717, 1.165) is 10.2 Å². The molecule has 2 rings (SSSR count). The van der Waals surface area contributed by atoms with Crippen LogP contribution < -0.4 is 10.6 Å². The summed E-state index contributed by atoms with van der Waals surface area (Å²) in [6.07, 6.45) is 1.51. The van der Waals surface area contributed by atoms with Gasteiger partial charge in [0, 0.05) is 23.3 Å². The molecule has 0 spiro atoms. The van der Waals surface area contributed by atoms with E-state index >= 15 is 0 Å². The second-order valence-corrected chi connectivity index (χ2v) is 5.43. The van der Waals surface area contributed by atoms with Gasteiger partial charge >= 0.3 is 0 Å². The highest BCUT2D eigenvalue weighted by atomic mass is 79.9. The molecule has 1 aromatic heterocycles. The summed E-state index contributed by atoms with van der Waals surface area (Å²) in [5.41, 5.74) is 2.35. The minimum absolute atomic E-state index is 0.204. The molecule has 0 fully saturated rings. The maximum Gasteiger partial charge on any atom is 0.257 e. The lowest BCUT2D eigenvalue weighted by molar-refractivity contribution is -0.114. The van der Waals surface area contributed by atoms with Crippen molar-refractivity contribution < 1.29 is 9.59 Å². The van der Waals surface area contributed by atoms with Crippen LogP contribution in [0.3, 0.4) is 0 Å². The zero-order chi connectivity index (χ0) is 15.4. The van der Waals surface area contributed by atoms with Crippen molar-refractivity contribution in [1.29, 1.82) is 0 Å². The summed E-state index contributed by atoms with van der Waals surface area (Å²) in [5, 5.41) is 5.45. The molecule has 2 N–H and O–H groups in total. The average Bonchev–Trinajstić information content (AvgIpc) is 2.42. The number of aromatic nitrogens is 1. The van der Waals surface area contributed by atoms with Crippen molar-refractivity contribution in [3.63, 3.8) is 0 Å². The normalized spacial score (nSPS) is 10.0. The Morgan fingerprint density at radius 3 is 2.48 bits per heavy atom. The van der Waals surface area contributed by atoms with Crippen molar-refractivity contribution in [2.75, 3.05) is 10.6 Å². The number of rotatable bonds is 3. The first-order valence-corrected chi connectivity index (χ1v) is 7.06. The average molecular weight is 348 g/mol. The summed E-state index contributed by atoms with van der Waals surface area (Å²) >= 11 is 3.34. The predicted octanol–water partition coefficient (Wildman–Crippen LogP) is 3.36. The first kappa shape index (κ1) is 15.2. The number of benzene rings is 1. The summed E-state index contributed by atoms with van der Waals surface area (Å²) < 4.78 is 0.800. The molecular weight excluding hydrogens is 334 g/mol. The maximum atomic E-state index is 12.2. The number of carbonyl (C=O) groups is 2. The van der Waals surface area contributed by atoms with Crippen LogP contribution in [0.4, 0.5) is 11.4 Å². The molecule has 0 bridgehead atoms. The van der Waals surface area contributed by atoms with Gasteiger partial charge in [-0.05, 0) is 37.3 Å². The van der Waals surface area contributed by atoms with Crippen LogP contribution in [0.5, 0.6) is 0 Å². The van der Waals surface area contributed by atoms with Crippen LogP contribution in [0.2, 0.25) is 0 Å². The number of carbonyl (C=O) groups excluding carboxylic acids is 2. The molecule has 0 saturated heterocycles. The molecule has 6 heteroatoms. The van der Waals surface area contributed by atoms with Crippen molar-refractivity contribution in [3.8, 4) is 0 Å². The number of nitrogens with zero attached hydrogens (tertiary/aromatic N) is 1. The molecule has 5 nitrogen and oxygen atoms in total. The summed E-state index contributed by atoms with van der Waals surface area (Å²) in [6.45, 7) is 3.27. The van der Waals surface area contributed by atoms with Gasteiger partial charge in [0.15, 0.2) is 0 Å². The van der Waals surface area contributed by atoms with Gasteiger partial charge < -0.3 is 10.6 Å². The Bertz CT molecular complexity index is 684. The Morgan fingerprint density at radius 1 is 1.10 bits per heavy atom. The SMILES string of the molecule is CC(=O)Nc1ccc(Br)cc1NC(=O)c1ccc(C)nc1. The van der Waals surface area contributed by atoms with E-state index in [9.17, 15) is 9.59 Å². The lowest BCUT2D eigenvalue weighted by Gasteiger charge is -2.12. The third kappa shape index (κ3) is 4.13. The van der Waals surface area contributed by atoms with Crippen molar-refractivity contribution >= 4 is 39.1 Å². The largest absolute Gasteiger partial charge is 0.325 e. The Hall–Kier alpha value is -2.21. The maximum absolute atomic E-state index is 12.2. The van der Waals surface area contributed by atoms with Gasteiger partial charge in [0.25, 0.3) is 5.91 Å². The molecule has 1 heterocycles. The number of aryl methyl sites for hydroxylation is 1. The van der Waals surface area contributed by atoms with E-state index in [4.69, 9.17) is 0 Å². The topological polar surface area (TPSA) is 71.1 Å². The molecule has 2 aromatic rings. The fourth-order valence-electron chi connectivity index (χ4n) is 1.72. The second kappa shape index (κ2) is 6.49. The number of pyridine rings is 1. The Morgan fingerprint density at radius 2 is 1.86 bits per heavy atom. The van der Waals surface area contributed by atoms with E-state index in [1.54, 1.807) is 30.3 Å². The molecule has 2 amide bonds. The minimum Gasteiger partial charge on any atom is -0.325 e. The van der Waals surface area contributed by atoms with Gasteiger partial charge in [-0.1, -0.05) is 15.9 Å². The van der Waals surface area contributed by atoms with Gasteiger partial charge in [-0.3, -0.25) is 14.6 Å². The van der Waals surface area contributed by atoms with Crippen molar-refractivity contribution in [3.05, 3.63) is 52.3 Å². The third-order valence-corrected chi connectivity index (χ3v) is 3.21. The van der Waals surface area contributed by atoms with E-state index in [1.165, 1.54) is 13.1 Å². The fourth-order valence-corrected chi connectivity index (χ4v) is 2.08. The molecule has 0 saturated carbocycles. The van der Waals surface area contributed by atoms with Gasteiger partial charge in [-0.2, -0.15) is 0 Å². The number of amides is 2. The van der Waals surface area contributed by atoms with E-state index < -0.39 is 0 Å². The highest BCUT2D eigenvalue weighted by Gasteiger charge is 2.11. The standard InChI is InChI=1S/C15H14BrN3O2/c1-9-3-4-11(8-17-9)15(21)19-14-7-12(16)5-6-13(14)18-10(2)20/h3-8H,1-2H3,(H,18,20)(H,19,21). The van der Waals surface area contributed by atoms with Gasteiger partial charge in [0.1, 0.15) is 0 Å². The van der Waals surface area contributed by atoms with Crippen molar-refractivity contribution in [2.45, 2.75) is 13.8 Å². The van der Waals surface area contributed by atoms with Gasteiger partial charge in [0.2, 0.25) is 5.91 Å². The van der Waals surface area contributed by atoms with Crippen LogP contribution >= 0.6 is 15.9 Å². The Balaban J connectivity index is 2.25. The number of halogens is 1. The van der Waals surface area contributed by atoms with Crippen molar-refractivity contribution in [2.24, 2.45) is 0 Å². The zero-order valence-corrected chi connectivity index (χ0v) is 13.2. The van der Waals surface area contributed by atoms with Crippen LogP contribution in [-0.2, 0) is 4.79 Å². The Labute approximate surface area is 130 Å². The Kier molecular flexibility index (Phi) is 4.70. The molecule has 0 aliphatic rings. The number of hydrogen-bond donors (Lipinski definition) is 2. The third-order valence-electron chi connectivity index (χ3n) is 2.71. The molecule has 21 heavy (non-hydrogen) atoms. The van der Waals surface area contributed by atoms with Crippen LogP contribution in [0.15, 0.2) is 41.0 Å². The van der Waals surface area contributed by atoms with E-state index in [2.05, 4.69) is 31.5 Å². The molecule has 0 aliphatic heterocycles. The summed E-state index contributed by atoms with van der Waals surface area (Å²) in [4.78, 5) is 27.5. The number of nitrogens with one attached hydrogen (secondary N) is 2. The summed E-state index contributed by atoms with van der Waals surface area (Å²) in [5.74, 6) is -0.489. The van der Waals surface area contributed by atoms with Gasteiger partial charge in [0.05, 0.1) is 16.9 Å². The van der Waals surface area contributed by atoms with E-state index in [-0.39, 0.29) is 11.8 Å². The summed E-state index contributed by atoms with van der Waals surface area (Å²) in [6, 6.07) is 8.70. The molecule has 1 aromatic carbocycles. The molecule has 0 aliphatic carbocycles. The zero-order valence-electron chi connectivity index (χ0n) is 11.6. The number of anilines is 2. The fraction of sp³-hybridized carbons (Fsp3) is 0.133. The quantitative estimate of drug-likeness (QED) is 0.894. The molecule has 0 unspecified atom stereocenters. The van der Waals surface area contributed by atoms with Gasteiger partial charge in [-0.25, -0.2) is 0 Å². The van der Waals surface area contributed by atoms with Crippen LogP contribution in [-0.4, -0.2) is 16.8 Å². The monoisotopic (exact) mass is 347 g/mol. The summed E-state index contributed by atoms with van der Waals surface area (Å²) in [7, 11) is 0. The molecule has 108 valence electrons. The lowest BCUT2D eigenvalue weighted by Crippen LogP contribution is -2.15. The van der Waals surface area contributed by atoms with Crippen LogP contribution in [0, 0.1) is 6.92 Å². The van der Waals surface area contributed by atoms with Crippen molar-refractivity contribution in [1.82, 2.24) is 4.98 Å². The van der Waals surface area contributed by atoms with Crippen LogP contribution in [0.25, 0.3) is 0 Å². The first-order chi connectivity index (χ1) is 9.95. The molecule has 0 radical (unpaired) electrons. The predicted molar refractivity (Wildman–Crippen MR) is 85.4 cm³/mol. The minimum atomic E-state index is -0.285. The smallest absolute Gasteiger partial charge is 0.257 e. The highest BCUT2D eigenvalue weighted by Crippen LogP contribution is 2.26. The first-order valence-electron chi connectivity index (χ1n) is 6.27. The lowest BCUT2D eigenvalue weighted by atomic mass is 10.2. The second-order valence-electron chi connectivity index (χ2n) is 4.51. The van der Waals surface area contributed by atoms with E-state index in [0.29, 0.717) is 16.9 Å². The van der Waals surface area contributed by atoms with Crippen LogP contribution in [0.1, 0.15) is 23.0 Å². The highest BCUT2D eigenvalue weighted by molar-refractivity contribution is 9.10. The van der Waals surface area contributed by atoms with E-state index in [1.807, 2.05) is 6.92 Å². The molecule has 0 atom stereocenters. The van der Waals surface area contributed by atoms with Gasteiger partial charge in [-0.15, -0.1) is 0 Å². The molecular formula is C15H14BrN3O2.